The minimum absolute atomic E-state index is 0.00692. The number of carbonyl (C=O) groups is 1. The molecule has 18 heavy (non-hydrogen) atoms. The second kappa shape index (κ2) is 5.44. The maximum Gasteiger partial charge on any atom is 0.227 e. The van der Waals surface area contributed by atoms with Gasteiger partial charge in [0.05, 0.1) is 11.8 Å². The van der Waals surface area contributed by atoms with E-state index >= 15 is 0 Å². The fourth-order valence-electron chi connectivity index (χ4n) is 2.16. The summed E-state index contributed by atoms with van der Waals surface area (Å²) >= 11 is 0. The number of benzene rings is 1. The van der Waals surface area contributed by atoms with Crippen molar-refractivity contribution < 1.29 is 18.7 Å². The molecule has 2 rings (SSSR count). The summed E-state index contributed by atoms with van der Waals surface area (Å²) in [6.45, 7) is 0. The molecule has 1 aromatic carbocycles. The lowest BCUT2D eigenvalue weighted by Crippen LogP contribution is -2.29. The van der Waals surface area contributed by atoms with Gasteiger partial charge in [-0.3, -0.25) is 4.79 Å². The highest BCUT2D eigenvalue weighted by molar-refractivity contribution is 5.92. The fourth-order valence-corrected chi connectivity index (χ4v) is 2.16. The lowest BCUT2D eigenvalue weighted by molar-refractivity contribution is -0.121. The van der Waals surface area contributed by atoms with Crippen LogP contribution in [-0.2, 0) is 4.79 Å². The van der Waals surface area contributed by atoms with Crippen molar-refractivity contribution in [3.8, 4) is 0 Å². The van der Waals surface area contributed by atoms with Crippen molar-refractivity contribution in [2.45, 2.75) is 31.8 Å². The molecule has 0 heterocycles. The lowest BCUT2D eigenvalue weighted by atomic mass is 9.87. The summed E-state index contributed by atoms with van der Waals surface area (Å²) in [7, 11) is 0. The Labute approximate surface area is 104 Å². The number of carbonyl (C=O) groups excluding carboxylic acids is 1. The number of amides is 1. The van der Waals surface area contributed by atoms with Gasteiger partial charge in [0.1, 0.15) is 11.6 Å². The summed E-state index contributed by atoms with van der Waals surface area (Å²) in [5.74, 6) is -1.93. The van der Waals surface area contributed by atoms with Gasteiger partial charge >= 0.3 is 0 Å². The molecule has 98 valence electrons. The van der Waals surface area contributed by atoms with Crippen LogP contribution in [0.5, 0.6) is 0 Å². The van der Waals surface area contributed by atoms with Crippen molar-refractivity contribution in [1.29, 1.82) is 0 Å². The summed E-state index contributed by atoms with van der Waals surface area (Å²) < 4.78 is 26.0. The molecule has 0 unspecified atom stereocenters. The van der Waals surface area contributed by atoms with Crippen LogP contribution in [-0.4, -0.2) is 17.1 Å². The number of aliphatic hydroxyl groups excluding tert-OH is 1. The zero-order valence-corrected chi connectivity index (χ0v) is 9.83. The average molecular weight is 255 g/mol. The zero-order valence-electron chi connectivity index (χ0n) is 9.83. The Balaban J connectivity index is 1.98. The molecular formula is C13H15F2NO2. The van der Waals surface area contributed by atoms with Gasteiger partial charge in [0, 0.05) is 12.0 Å². The summed E-state index contributed by atoms with van der Waals surface area (Å²) in [6.07, 6.45) is 2.02. The van der Waals surface area contributed by atoms with Crippen molar-refractivity contribution in [3.05, 3.63) is 29.8 Å². The zero-order chi connectivity index (χ0) is 13.1. The van der Waals surface area contributed by atoms with Gasteiger partial charge in [-0.05, 0) is 37.8 Å². The van der Waals surface area contributed by atoms with E-state index in [1.807, 2.05) is 0 Å². The topological polar surface area (TPSA) is 49.3 Å². The Morgan fingerprint density at radius 3 is 2.50 bits per heavy atom. The maximum absolute atomic E-state index is 13.3. The van der Waals surface area contributed by atoms with Crippen molar-refractivity contribution in [1.82, 2.24) is 0 Å². The summed E-state index contributed by atoms with van der Waals surface area (Å²) in [6, 6.07) is 3.05. The molecule has 3 nitrogen and oxygen atoms in total. The third kappa shape index (κ3) is 3.04. The van der Waals surface area contributed by atoms with Crippen molar-refractivity contribution in [2.24, 2.45) is 5.92 Å². The molecular weight excluding hydrogens is 240 g/mol. The molecule has 1 aliphatic carbocycles. The van der Waals surface area contributed by atoms with Crippen molar-refractivity contribution >= 4 is 11.6 Å². The van der Waals surface area contributed by atoms with Gasteiger partial charge in [-0.15, -0.1) is 0 Å². The van der Waals surface area contributed by atoms with Crippen molar-refractivity contribution in [3.63, 3.8) is 0 Å². The van der Waals surface area contributed by atoms with E-state index in [9.17, 15) is 18.7 Å². The quantitative estimate of drug-likeness (QED) is 0.852. The van der Waals surface area contributed by atoms with Gasteiger partial charge in [-0.2, -0.15) is 0 Å². The number of hydrogen-bond donors (Lipinski definition) is 2. The normalized spacial score (nSPS) is 23.7. The first-order chi connectivity index (χ1) is 8.56. The van der Waals surface area contributed by atoms with Gasteiger partial charge < -0.3 is 10.4 Å². The smallest absolute Gasteiger partial charge is 0.227 e. The predicted molar refractivity (Wildman–Crippen MR) is 63.0 cm³/mol. The van der Waals surface area contributed by atoms with Gasteiger partial charge in [0.25, 0.3) is 0 Å². The van der Waals surface area contributed by atoms with E-state index in [1.165, 1.54) is 6.07 Å². The first-order valence-electron chi connectivity index (χ1n) is 6.00. The first kappa shape index (κ1) is 13.0. The van der Waals surface area contributed by atoms with E-state index < -0.39 is 11.6 Å². The molecule has 1 fully saturated rings. The van der Waals surface area contributed by atoms with E-state index in [0.29, 0.717) is 25.7 Å². The Kier molecular flexibility index (Phi) is 3.91. The minimum atomic E-state index is -0.779. The molecule has 0 radical (unpaired) electrons. The monoisotopic (exact) mass is 255 g/mol. The fraction of sp³-hybridized carbons (Fsp3) is 0.462. The molecule has 2 N–H and O–H groups in total. The highest BCUT2D eigenvalue weighted by atomic mass is 19.1. The summed E-state index contributed by atoms with van der Waals surface area (Å²) in [5, 5.41) is 11.8. The van der Waals surface area contributed by atoms with Crippen LogP contribution in [0.15, 0.2) is 18.2 Å². The largest absolute Gasteiger partial charge is 0.393 e. The predicted octanol–water partition coefficient (Wildman–Crippen LogP) is 2.45. The molecule has 0 bridgehead atoms. The Hall–Kier alpha value is -1.49. The van der Waals surface area contributed by atoms with Gasteiger partial charge in [0.2, 0.25) is 5.91 Å². The molecule has 1 aliphatic rings. The molecule has 1 amide bonds. The molecule has 0 aliphatic heterocycles. The van der Waals surface area contributed by atoms with E-state index in [-0.39, 0.29) is 23.6 Å². The third-order valence-corrected chi connectivity index (χ3v) is 3.26. The highest BCUT2D eigenvalue weighted by Gasteiger charge is 2.25. The van der Waals surface area contributed by atoms with Crippen LogP contribution in [0.1, 0.15) is 25.7 Å². The van der Waals surface area contributed by atoms with Crippen LogP contribution >= 0.6 is 0 Å². The Morgan fingerprint density at radius 2 is 1.89 bits per heavy atom. The van der Waals surface area contributed by atoms with Crippen LogP contribution < -0.4 is 5.32 Å². The van der Waals surface area contributed by atoms with Crippen molar-refractivity contribution in [2.75, 3.05) is 5.32 Å². The first-order valence-corrected chi connectivity index (χ1v) is 6.00. The van der Waals surface area contributed by atoms with Crippen LogP contribution in [0.3, 0.4) is 0 Å². The highest BCUT2D eigenvalue weighted by Crippen LogP contribution is 2.26. The Bertz CT molecular complexity index is 443. The number of anilines is 1. The second-order valence-electron chi connectivity index (χ2n) is 4.62. The number of hydrogen-bond acceptors (Lipinski definition) is 2. The lowest BCUT2D eigenvalue weighted by Gasteiger charge is -2.24. The average Bonchev–Trinajstić information content (AvgIpc) is 2.33. The van der Waals surface area contributed by atoms with E-state index in [2.05, 4.69) is 5.32 Å². The number of nitrogens with one attached hydrogen (secondary N) is 1. The Morgan fingerprint density at radius 1 is 1.22 bits per heavy atom. The van der Waals surface area contributed by atoms with Crippen LogP contribution in [0.4, 0.5) is 14.5 Å². The van der Waals surface area contributed by atoms with E-state index in [4.69, 9.17) is 0 Å². The molecule has 1 saturated carbocycles. The molecule has 0 saturated heterocycles. The van der Waals surface area contributed by atoms with Gasteiger partial charge in [-0.1, -0.05) is 0 Å². The van der Waals surface area contributed by atoms with Crippen LogP contribution in [0.2, 0.25) is 0 Å². The van der Waals surface area contributed by atoms with E-state index in [1.54, 1.807) is 0 Å². The number of aliphatic hydroxyl groups is 1. The van der Waals surface area contributed by atoms with Crippen LogP contribution in [0, 0.1) is 17.6 Å². The molecule has 0 atom stereocenters. The van der Waals surface area contributed by atoms with E-state index in [0.717, 1.165) is 12.1 Å². The number of halogens is 2. The third-order valence-electron chi connectivity index (χ3n) is 3.26. The van der Waals surface area contributed by atoms with Gasteiger partial charge in [-0.25, -0.2) is 8.78 Å². The summed E-state index contributed by atoms with van der Waals surface area (Å²) in [4.78, 5) is 11.9. The molecule has 0 aromatic heterocycles. The standard InChI is InChI=1S/C13H15F2NO2/c14-9-3-6-12(11(15)7-9)16-13(18)8-1-4-10(17)5-2-8/h3,6-8,10,17H,1-2,4-5H2,(H,16,18). The maximum atomic E-state index is 13.3. The van der Waals surface area contributed by atoms with Gasteiger partial charge in [0.15, 0.2) is 0 Å². The molecule has 0 spiro atoms. The molecule has 5 heteroatoms. The summed E-state index contributed by atoms with van der Waals surface area (Å²) in [5.41, 5.74) is -0.00692. The minimum Gasteiger partial charge on any atom is -0.393 e. The van der Waals surface area contributed by atoms with Crippen LogP contribution in [0.25, 0.3) is 0 Å². The SMILES string of the molecule is O=C(Nc1ccc(F)cc1F)C1CCC(O)CC1. The second-order valence-corrected chi connectivity index (χ2v) is 4.62. The molecule has 1 aromatic rings. The number of rotatable bonds is 2.